The van der Waals surface area contributed by atoms with Crippen LogP contribution >= 0.6 is 11.8 Å². The standard InChI is InChI=1S/C22H27N6S/c1-25(2)20-10-6-18(7-11-20)16-23-27-14-15-28(22(27)29-5)24-17-19-8-12-21(13-9-19)26(3)4/h6-17H,1-5H3/q+1. The van der Waals surface area contributed by atoms with Crippen molar-refractivity contribution in [2.24, 2.45) is 10.2 Å². The van der Waals surface area contributed by atoms with Crippen molar-refractivity contribution in [2.75, 3.05) is 44.2 Å². The molecule has 0 aliphatic heterocycles. The number of aromatic nitrogens is 2. The van der Waals surface area contributed by atoms with Crippen LogP contribution in [0.15, 0.2) is 76.3 Å². The summed E-state index contributed by atoms with van der Waals surface area (Å²) in [6, 6.07) is 16.6. The van der Waals surface area contributed by atoms with Gasteiger partial charge in [-0.25, -0.2) is 0 Å². The van der Waals surface area contributed by atoms with Crippen LogP contribution in [-0.2, 0) is 0 Å². The molecular weight excluding hydrogens is 380 g/mol. The lowest BCUT2D eigenvalue weighted by Crippen LogP contribution is -2.28. The largest absolute Gasteiger partial charge is 0.378 e. The number of imidazole rings is 1. The fraction of sp³-hybridized carbons (Fsp3) is 0.227. The molecule has 1 heterocycles. The zero-order chi connectivity index (χ0) is 20.8. The maximum Gasteiger partial charge on any atom is 0.368 e. The molecule has 7 heteroatoms. The molecule has 1 aromatic heterocycles. The molecule has 0 amide bonds. The quantitative estimate of drug-likeness (QED) is 0.342. The van der Waals surface area contributed by atoms with Crippen molar-refractivity contribution in [3.63, 3.8) is 0 Å². The average molecular weight is 408 g/mol. The van der Waals surface area contributed by atoms with E-state index in [-0.39, 0.29) is 0 Å². The molecule has 0 aliphatic rings. The van der Waals surface area contributed by atoms with Gasteiger partial charge < -0.3 is 9.80 Å². The highest BCUT2D eigenvalue weighted by Gasteiger charge is 2.15. The van der Waals surface area contributed by atoms with Gasteiger partial charge in [0.1, 0.15) is 0 Å². The van der Waals surface area contributed by atoms with E-state index in [1.165, 1.54) is 11.4 Å². The molecular formula is C22H27N6S+. The minimum Gasteiger partial charge on any atom is -0.378 e. The smallest absolute Gasteiger partial charge is 0.368 e. The number of anilines is 2. The third-order valence-electron chi connectivity index (χ3n) is 4.41. The molecule has 6 nitrogen and oxygen atoms in total. The minimum absolute atomic E-state index is 0.923. The molecule has 3 rings (SSSR count). The highest BCUT2D eigenvalue weighted by Crippen LogP contribution is 2.13. The number of rotatable bonds is 7. The molecule has 0 atom stereocenters. The maximum absolute atomic E-state index is 4.59. The van der Waals surface area contributed by atoms with Crippen molar-refractivity contribution in [2.45, 2.75) is 5.16 Å². The first-order chi connectivity index (χ1) is 14.0. The Morgan fingerprint density at radius 3 is 1.83 bits per heavy atom. The van der Waals surface area contributed by atoms with Crippen LogP contribution in [0.4, 0.5) is 11.4 Å². The molecule has 0 aliphatic carbocycles. The molecule has 0 unspecified atom stereocenters. The third kappa shape index (κ3) is 5.26. The van der Waals surface area contributed by atoms with Crippen molar-refractivity contribution >= 4 is 35.6 Å². The lowest BCUT2D eigenvalue weighted by Gasteiger charge is -2.11. The molecule has 0 bridgehead atoms. The van der Waals surface area contributed by atoms with Gasteiger partial charge in [-0.1, -0.05) is 43.8 Å². The topological polar surface area (TPSA) is 40.0 Å². The van der Waals surface area contributed by atoms with Gasteiger partial charge in [0.15, 0.2) is 12.4 Å². The van der Waals surface area contributed by atoms with E-state index < -0.39 is 0 Å². The Kier molecular flexibility index (Phi) is 6.72. The van der Waals surface area contributed by atoms with Gasteiger partial charge in [0.2, 0.25) is 0 Å². The first kappa shape index (κ1) is 20.7. The molecule has 0 radical (unpaired) electrons. The molecule has 29 heavy (non-hydrogen) atoms. The molecule has 0 fully saturated rings. The van der Waals surface area contributed by atoms with E-state index in [0.717, 1.165) is 16.3 Å². The predicted octanol–water partition coefficient (Wildman–Crippen LogP) is 3.39. The molecule has 2 aromatic carbocycles. The van der Waals surface area contributed by atoms with Crippen LogP contribution in [-0.4, -0.2) is 51.6 Å². The van der Waals surface area contributed by atoms with E-state index in [4.69, 9.17) is 0 Å². The minimum atomic E-state index is 0.923. The number of hydrogen-bond donors (Lipinski definition) is 0. The second-order valence-corrected chi connectivity index (χ2v) is 7.71. The van der Waals surface area contributed by atoms with E-state index in [0.29, 0.717) is 0 Å². The van der Waals surface area contributed by atoms with Crippen molar-refractivity contribution in [3.05, 3.63) is 72.1 Å². The highest BCUT2D eigenvalue weighted by molar-refractivity contribution is 7.98. The van der Waals surface area contributed by atoms with Crippen LogP contribution in [0.5, 0.6) is 0 Å². The lowest BCUT2D eigenvalue weighted by atomic mass is 10.2. The average Bonchev–Trinajstić information content (AvgIpc) is 3.13. The Hall–Kier alpha value is -3.06. The summed E-state index contributed by atoms with van der Waals surface area (Å²) in [7, 11) is 8.13. The van der Waals surface area contributed by atoms with E-state index in [9.17, 15) is 0 Å². The Morgan fingerprint density at radius 1 is 0.828 bits per heavy atom. The van der Waals surface area contributed by atoms with E-state index in [1.807, 2.05) is 68.6 Å². The summed E-state index contributed by atoms with van der Waals surface area (Å²) >= 11 is 1.60. The summed E-state index contributed by atoms with van der Waals surface area (Å²) in [5, 5.41) is 10.1. The molecule has 0 N–H and O–H groups in total. The third-order valence-corrected chi connectivity index (χ3v) is 5.14. The summed E-state index contributed by atoms with van der Waals surface area (Å²) in [6.45, 7) is 0. The fourth-order valence-corrected chi connectivity index (χ4v) is 3.29. The number of thioether (sulfide) groups is 1. The van der Waals surface area contributed by atoms with Crippen LogP contribution in [0, 0.1) is 0 Å². The van der Waals surface area contributed by atoms with Crippen molar-refractivity contribution in [1.29, 1.82) is 0 Å². The van der Waals surface area contributed by atoms with Gasteiger partial charge in [-0.05, 0) is 53.4 Å². The zero-order valence-electron chi connectivity index (χ0n) is 17.5. The Bertz CT molecular complexity index is 906. The maximum atomic E-state index is 4.59. The summed E-state index contributed by atoms with van der Waals surface area (Å²) in [5.41, 5.74) is 4.43. The second kappa shape index (κ2) is 9.43. The van der Waals surface area contributed by atoms with Crippen molar-refractivity contribution < 1.29 is 4.68 Å². The zero-order valence-corrected chi connectivity index (χ0v) is 18.3. The second-order valence-electron chi connectivity index (χ2n) is 6.94. The van der Waals surface area contributed by atoms with Crippen molar-refractivity contribution in [1.82, 2.24) is 4.68 Å². The van der Waals surface area contributed by atoms with Crippen LogP contribution in [0.1, 0.15) is 11.1 Å². The Balaban J connectivity index is 1.75. The fourth-order valence-electron chi connectivity index (χ4n) is 2.70. The Morgan fingerprint density at radius 2 is 1.34 bits per heavy atom. The van der Waals surface area contributed by atoms with Gasteiger partial charge in [0.25, 0.3) is 0 Å². The summed E-state index contributed by atoms with van der Waals surface area (Å²) < 4.78 is 3.66. The van der Waals surface area contributed by atoms with Gasteiger partial charge in [-0.3, -0.25) is 0 Å². The van der Waals surface area contributed by atoms with Gasteiger partial charge in [0, 0.05) is 39.6 Å². The van der Waals surface area contributed by atoms with Gasteiger partial charge in [0.05, 0.1) is 12.4 Å². The number of hydrogen-bond acceptors (Lipinski definition) is 5. The summed E-state index contributed by atoms with van der Waals surface area (Å²) in [5.74, 6) is 0. The van der Waals surface area contributed by atoms with Crippen LogP contribution in [0.25, 0.3) is 0 Å². The van der Waals surface area contributed by atoms with Crippen LogP contribution in [0.2, 0.25) is 0 Å². The number of nitrogens with zero attached hydrogens (tertiary/aromatic N) is 6. The first-order valence-corrected chi connectivity index (χ1v) is 10.5. The molecule has 0 saturated carbocycles. The molecule has 150 valence electrons. The molecule has 0 saturated heterocycles. The molecule has 0 spiro atoms. The normalized spacial score (nSPS) is 11.5. The monoisotopic (exact) mass is 407 g/mol. The lowest BCUT2D eigenvalue weighted by molar-refractivity contribution is -0.715. The van der Waals surface area contributed by atoms with Crippen LogP contribution in [0.3, 0.4) is 0 Å². The summed E-state index contributed by atoms with van der Waals surface area (Å²) in [4.78, 5) is 4.15. The van der Waals surface area contributed by atoms with Gasteiger partial charge in [-0.2, -0.15) is 0 Å². The van der Waals surface area contributed by atoms with E-state index in [2.05, 4.69) is 68.5 Å². The van der Waals surface area contributed by atoms with Crippen molar-refractivity contribution in [3.8, 4) is 0 Å². The highest BCUT2D eigenvalue weighted by atomic mass is 32.2. The predicted molar refractivity (Wildman–Crippen MR) is 124 cm³/mol. The Labute approximate surface area is 176 Å². The van der Waals surface area contributed by atoms with Gasteiger partial charge in [-0.15, -0.1) is 0 Å². The van der Waals surface area contributed by atoms with E-state index in [1.54, 1.807) is 11.8 Å². The number of benzene rings is 2. The first-order valence-electron chi connectivity index (χ1n) is 9.28. The SMILES string of the molecule is CSc1n(N=Cc2ccc(N(C)C)cc2)cc[n+]1N=Cc1ccc(N(C)C)cc1. The van der Waals surface area contributed by atoms with Crippen LogP contribution < -0.4 is 14.5 Å². The van der Waals surface area contributed by atoms with Gasteiger partial charge >= 0.3 is 5.16 Å². The van der Waals surface area contributed by atoms with E-state index >= 15 is 0 Å². The molecule has 3 aromatic rings. The summed E-state index contributed by atoms with van der Waals surface area (Å²) in [6.07, 6.45) is 9.54.